The van der Waals surface area contributed by atoms with Crippen LogP contribution in [0.15, 0.2) is 0 Å². The smallest absolute Gasteiger partial charge is 0.134 e. The molecule has 0 aromatic heterocycles. The van der Waals surface area contributed by atoms with Crippen LogP contribution in [-0.2, 0) is 4.79 Å². The van der Waals surface area contributed by atoms with E-state index in [2.05, 4.69) is 25.7 Å². The van der Waals surface area contributed by atoms with Gasteiger partial charge < -0.3 is 0 Å². The van der Waals surface area contributed by atoms with Crippen LogP contribution in [0.2, 0.25) is 0 Å². The second-order valence-electron chi connectivity index (χ2n) is 5.81. The van der Waals surface area contributed by atoms with Crippen LogP contribution < -0.4 is 0 Å². The lowest BCUT2D eigenvalue weighted by Crippen LogP contribution is -2.50. The molecule has 0 radical (unpaired) electrons. The summed E-state index contributed by atoms with van der Waals surface area (Å²) in [6, 6.07) is 1.28. The van der Waals surface area contributed by atoms with Gasteiger partial charge in [0.2, 0.25) is 0 Å². The first kappa shape index (κ1) is 11.1. The van der Waals surface area contributed by atoms with Crippen molar-refractivity contribution in [1.29, 1.82) is 0 Å². The van der Waals surface area contributed by atoms with Crippen molar-refractivity contribution in [3.05, 3.63) is 0 Å². The highest BCUT2D eigenvalue weighted by Crippen LogP contribution is 2.41. The van der Waals surface area contributed by atoms with Gasteiger partial charge in [-0.05, 0) is 31.2 Å². The van der Waals surface area contributed by atoms with E-state index >= 15 is 0 Å². The summed E-state index contributed by atoms with van der Waals surface area (Å²) >= 11 is 0. The SMILES string of the molecule is CCN(C1CC1)C1CC(=O)CCC1(C)C. The van der Waals surface area contributed by atoms with Gasteiger partial charge in [0.25, 0.3) is 0 Å². The summed E-state index contributed by atoms with van der Waals surface area (Å²) in [5.74, 6) is 0.471. The summed E-state index contributed by atoms with van der Waals surface area (Å²) in [7, 11) is 0. The Labute approximate surface area is 93.0 Å². The summed E-state index contributed by atoms with van der Waals surface area (Å²) in [5, 5.41) is 0. The van der Waals surface area contributed by atoms with E-state index in [9.17, 15) is 4.79 Å². The molecular formula is C13H23NO. The van der Waals surface area contributed by atoms with Crippen molar-refractivity contribution < 1.29 is 4.79 Å². The fourth-order valence-electron chi connectivity index (χ4n) is 2.93. The molecular weight excluding hydrogens is 186 g/mol. The highest BCUT2D eigenvalue weighted by atomic mass is 16.1. The van der Waals surface area contributed by atoms with Crippen molar-refractivity contribution in [2.24, 2.45) is 5.41 Å². The highest BCUT2D eigenvalue weighted by Gasteiger charge is 2.43. The van der Waals surface area contributed by atoms with Crippen LogP contribution in [0.4, 0.5) is 0 Å². The molecule has 0 aromatic rings. The molecule has 2 aliphatic carbocycles. The zero-order valence-corrected chi connectivity index (χ0v) is 10.3. The fraction of sp³-hybridized carbons (Fsp3) is 0.923. The molecule has 0 saturated heterocycles. The van der Waals surface area contributed by atoms with Crippen molar-refractivity contribution in [1.82, 2.24) is 4.90 Å². The second kappa shape index (κ2) is 3.89. The van der Waals surface area contributed by atoms with Gasteiger partial charge in [0, 0.05) is 24.9 Å². The third-order valence-electron chi connectivity index (χ3n) is 4.15. The zero-order chi connectivity index (χ0) is 11.1. The van der Waals surface area contributed by atoms with Gasteiger partial charge in [0.1, 0.15) is 5.78 Å². The summed E-state index contributed by atoms with van der Waals surface area (Å²) in [6.07, 6.45) is 5.34. The summed E-state index contributed by atoms with van der Waals surface area (Å²) in [4.78, 5) is 14.2. The second-order valence-corrected chi connectivity index (χ2v) is 5.81. The molecule has 1 atom stereocenters. The molecule has 0 bridgehead atoms. The molecule has 1 unspecified atom stereocenters. The minimum Gasteiger partial charge on any atom is -0.300 e. The molecule has 2 saturated carbocycles. The Morgan fingerprint density at radius 1 is 1.40 bits per heavy atom. The molecule has 0 spiro atoms. The Balaban J connectivity index is 2.11. The zero-order valence-electron chi connectivity index (χ0n) is 10.3. The normalized spacial score (nSPS) is 30.9. The van der Waals surface area contributed by atoms with Gasteiger partial charge in [-0.1, -0.05) is 20.8 Å². The number of carbonyl (C=O) groups excluding carboxylic acids is 1. The van der Waals surface area contributed by atoms with Crippen LogP contribution in [-0.4, -0.2) is 29.3 Å². The van der Waals surface area contributed by atoms with E-state index in [1.807, 2.05) is 0 Å². The average Bonchev–Trinajstić information content (AvgIpc) is 2.97. The summed E-state index contributed by atoms with van der Waals surface area (Å²) < 4.78 is 0. The third kappa shape index (κ3) is 2.25. The van der Waals surface area contributed by atoms with Gasteiger partial charge in [-0.2, -0.15) is 0 Å². The predicted molar refractivity (Wildman–Crippen MR) is 61.8 cm³/mol. The maximum Gasteiger partial charge on any atom is 0.134 e. The largest absolute Gasteiger partial charge is 0.300 e. The van der Waals surface area contributed by atoms with E-state index in [1.165, 1.54) is 12.8 Å². The molecule has 2 nitrogen and oxygen atoms in total. The first-order valence-electron chi connectivity index (χ1n) is 6.32. The molecule has 2 heteroatoms. The predicted octanol–water partition coefficient (Wildman–Crippen LogP) is 2.62. The van der Waals surface area contributed by atoms with E-state index in [0.29, 0.717) is 17.2 Å². The standard InChI is InChI=1S/C13H23NO/c1-4-14(10-5-6-10)12-9-11(15)7-8-13(12,2)3/h10,12H,4-9H2,1-3H3. The Morgan fingerprint density at radius 2 is 2.07 bits per heavy atom. The fourth-order valence-corrected chi connectivity index (χ4v) is 2.93. The molecule has 0 aromatic carbocycles. The van der Waals surface area contributed by atoms with Gasteiger partial charge in [-0.15, -0.1) is 0 Å². The monoisotopic (exact) mass is 209 g/mol. The van der Waals surface area contributed by atoms with E-state index in [-0.39, 0.29) is 0 Å². The van der Waals surface area contributed by atoms with Crippen LogP contribution in [0.1, 0.15) is 52.9 Å². The van der Waals surface area contributed by atoms with Crippen LogP contribution in [0.5, 0.6) is 0 Å². The van der Waals surface area contributed by atoms with Crippen molar-refractivity contribution in [3.63, 3.8) is 0 Å². The van der Waals surface area contributed by atoms with Crippen molar-refractivity contribution in [2.45, 2.75) is 65.0 Å². The summed E-state index contributed by atoms with van der Waals surface area (Å²) in [5.41, 5.74) is 0.326. The van der Waals surface area contributed by atoms with Crippen molar-refractivity contribution in [3.8, 4) is 0 Å². The molecule has 0 N–H and O–H groups in total. The quantitative estimate of drug-likeness (QED) is 0.712. The van der Waals surface area contributed by atoms with Crippen molar-refractivity contribution in [2.75, 3.05) is 6.54 Å². The lowest BCUT2D eigenvalue weighted by atomic mass is 9.72. The first-order chi connectivity index (χ1) is 7.04. The molecule has 2 aliphatic rings. The molecule has 2 rings (SSSR count). The summed E-state index contributed by atoms with van der Waals surface area (Å²) in [6.45, 7) is 7.99. The maximum absolute atomic E-state index is 11.6. The topological polar surface area (TPSA) is 20.3 Å². The average molecular weight is 209 g/mol. The third-order valence-corrected chi connectivity index (χ3v) is 4.15. The van der Waals surface area contributed by atoms with E-state index in [1.54, 1.807) is 0 Å². The minimum absolute atomic E-state index is 0.326. The van der Waals surface area contributed by atoms with Crippen LogP contribution in [0.3, 0.4) is 0 Å². The molecule has 0 heterocycles. The van der Waals surface area contributed by atoms with Crippen LogP contribution in [0.25, 0.3) is 0 Å². The number of nitrogens with zero attached hydrogens (tertiary/aromatic N) is 1. The Morgan fingerprint density at radius 3 is 2.60 bits per heavy atom. The number of ketones is 1. The van der Waals surface area contributed by atoms with E-state index < -0.39 is 0 Å². The molecule has 15 heavy (non-hydrogen) atoms. The van der Waals surface area contributed by atoms with Gasteiger partial charge in [0.05, 0.1) is 0 Å². The van der Waals surface area contributed by atoms with Gasteiger partial charge in [-0.3, -0.25) is 9.69 Å². The lowest BCUT2D eigenvalue weighted by Gasteiger charge is -2.44. The molecule has 0 aliphatic heterocycles. The van der Waals surface area contributed by atoms with Crippen LogP contribution >= 0.6 is 0 Å². The number of hydrogen-bond donors (Lipinski definition) is 0. The Hall–Kier alpha value is -0.370. The highest BCUT2D eigenvalue weighted by molar-refractivity contribution is 5.80. The Bertz CT molecular complexity index is 255. The number of Topliss-reactive ketones (excluding diaryl/α,β-unsaturated/α-hetero) is 1. The Kier molecular flexibility index (Phi) is 2.89. The molecule has 0 amide bonds. The maximum atomic E-state index is 11.6. The molecule has 2 fully saturated rings. The van der Waals surface area contributed by atoms with E-state index in [0.717, 1.165) is 31.8 Å². The minimum atomic E-state index is 0.326. The van der Waals surface area contributed by atoms with Gasteiger partial charge >= 0.3 is 0 Å². The van der Waals surface area contributed by atoms with Crippen molar-refractivity contribution >= 4 is 5.78 Å². The van der Waals surface area contributed by atoms with Crippen LogP contribution in [0, 0.1) is 5.41 Å². The molecule has 86 valence electrons. The number of carbonyl (C=O) groups is 1. The van der Waals surface area contributed by atoms with E-state index in [4.69, 9.17) is 0 Å². The lowest BCUT2D eigenvalue weighted by molar-refractivity contribution is -0.125. The number of rotatable bonds is 3. The number of hydrogen-bond acceptors (Lipinski definition) is 2. The first-order valence-corrected chi connectivity index (χ1v) is 6.32. The van der Waals surface area contributed by atoms with Gasteiger partial charge in [-0.25, -0.2) is 0 Å². The van der Waals surface area contributed by atoms with Gasteiger partial charge in [0.15, 0.2) is 0 Å².